The standard InChI is InChI=1S/C10H9F4NO2/c1-2-17-9(16)15-6-3-4-8(11)7(5-6)10(12,13)14/h3-5H,2H2,1H3,(H,15,16). The molecule has 0 aliphatic carbocycles. The van der Waals surface area contributed by atoms with Crippen molar-refractivity contribution in [3.63, 3.8) is 0 Å². The zero-order valence-corrected chi connectivity index (χ0v) is 8.77. The highest BCUT2D eigenvalue weighted by Crippen LogP contribution is 2.32. The average Bonchev–Trinajstić information content (AvgIpc) is 2.19. The van der Waals surface area contributed by atoms with Crippen LogP contribution in [0.15, 0.2) is 18.2 Å². The minimum absolute atomic E-state index is 0.0825. The lowest BCUT2D eigenvalue weighted by Gasteiger charge is -2.10. The first-order chi connectivity index (χ1) is 7.84. The SMILES string of the molecule is CCOC(=O)Nc1ccc(F)c(C(F)(F)F)c1. The fourth-order valence-electron chi connectivity index (χ4n) is 1.11. The Labute approximate surface area is 94.4 Å². The predicted molar refractivity (Wildman–Crippen MR) is 52.0 cm³/mol. The smallest absolute Gasteiger partial charge is 0.419 e. The summed E-state index contributed by atoms with van der Waals surface area (Å²) in [5, 5.41) is 2.05. The van der Waals surface area contributed by atoms with Crippen LogP contribution in [-0.4, -0.2) is 12.7 Å². The van der Waals surface area contributed by atoms with Gasteiger partial charge >= 0.3 is 12.3 Å². The summed E-state index contributed by atoms with van der Waals surface area (Å²) in [6.07, 6.45) is -5.71. The summed E-state index contributed by atoms with van der Waals surface area (Å²) in [6.45, 7) is 1.63. The van der Waals surface area contributed by atoms with E-state index in [-0.39, 0.29) is 12.3 Å². The molecule has 0 atom stereocenters. The Morgan fingerprint density at radius 1 is 1.41 bits per heavy atom. The van der Waals surface area contributed by atoms with Crippen molar-refractivity contribution in [3.8, 4) is 0 Å². The molecule has 0 aromatic heterocycles. The van der Waals surface area contributed by atoms with E-state index in [1.807, 2.05) is 0 Å². The van der Waals surface area contributed by atoms with E-state index in [1.165, 1.54) is 0 Å². The lowest BCUT2D eigenvalue weighted by Crippen LogP contribution is -2.15. The van der Waals surface area contributed by atoms with Crippen LogP contribution in [0.2, 0.25) is 0 Å². The quantitative estimate of drug-likeness (QED) is 0.818. The van der Waals surface area contributed by atoms with Crippen molar-refractivity contribution < 1.29 is 27.1 Å². The van der Waals surface area contributed by atoms with Crippen molar-refractivity contribution in [2.45, 2.75) is 13.1 Å². The molecule has 1 rings (SSSR count). The van der Waals surface area contributed by atoms with Crippen LogP contribution in [0, 0.1) is 5.82 Å². The zero-order valence-electron chi connectivity index (χ0n) is 8.77. The molecule has 1 amide bonds. The predicted octanol–water partition coefficient (Wildman–Crippen LogP) is 3.41. The summed E-state index contributed by atoms with van der Waals surface area (Å²) >= 11 is 0. The van der Waals surface area contributed by atoms with Crippen LogP contribution in [0.25, 0.3) is 0 Å². The topological polar surface area (TPSA) is 38.3 Å². The van der Waals surface area contributed by atoms with E-state index in [9.17, 15) is 22.4 Å². The summed E-state index contributed by atoms with van der Waals surface area (Å²) in [5.41, 5.74) is -1.62. The maximum absolute atomic E-state index is 12.9. The molecule has 0 unspecified atom stereocenters. The van der Waals surface area contributed by atoms with Gasteiger partial charge in [-0.1, -0.05) is 0 Å². The maximum Gasteiger partial charge on any atom is 0.419 e. The van der Waals surface area contributed by atoms with Crippen LogP contribution in [0.1, 0.15) is 12.5 Å². The molecule has 0 aliphatic heterocycles. The fourth-order valence-corrected chi connectivity index (χ4v) is 1.11. The van der Waals surface area contributed by atoms with E-state index in [2.05, 4.69) is 10.1 Å². The van der Waals surface area contributed by atoms with Gasteiger partial charge in [-0.15, -0.1) is 0 Å². The van der Waals surface area contributed by atoms with E-state index in [0.717, 1.165) is 6.07 Å². The monoisotopic (exact) mass is 251 g/mol. The molecular formula is C10H9F4NO2. The number of amides is 1. The number of hydrogen-bond acceptors (Lipinski definition) is 2. The van der Waals surface area contributed by atoms with Crippen LogP contribution < -0.4 is 5.32 Å². The van der Waals surface area contributed by atoms with Crippen molar-refractivity contribution in [2.24, 2.45) is 0 Å². The number of halogens is 4. The van der Waals surface area contributed by atoms with Gasteiger partial charge in [-0.05, 0) is 25.1 Å². The molecule has 7 heteroatoms. The van der Waals surface area contributed by atoms with Crippen molar-refractivity contribution >= 4 is 11.8 Å². The molecule has 0 spiro atoms. The number of anilines is 1. The molecule has 3 nitrogen and oxygen atoms in total. The van der Waals surface area contributed by atoms with Gasteiger partial charge in [0.1, 0.15) is 5.82 Å². The second-order valence-electron chi connectivity index (χ2n) is 3.04. The number of nitrogens with one attached hydrogen (secondary N) is 1. The first kappa shape index (κ1) is 13.3. The van der Waals surface area contributed by atoms with Gasteiger partial charge in [0, 0.05) is 5.69 Å². The second kappa shape index (κ2) is 5.03. The fraction of sp³-hybridized carbons (Fsp3) is 0.300. The summed E-state index contributed by atoms with van der Waals surface area (Å²) in [6, 6.07) is 2.15. The van der Waals surface area contributed by atoms with Gasteiger partial charge in [0.05, 0.1) is 12.2 Å². The average molecular weight is 251 g/mol. The molecule has 1 aromatic carbocycles. The molecule has 0 radical (unpaired) electrons. The normalized spacial score (nSPS) is 11.1. The van der Waals surface area contributed by atoms with E-state index < -0.39 is 23.7 Å². The molecule has 1 N–H and O–H groups in total. The lowest BCUT2D eigenvalue weighted by molar-refractivity contribution is -0.139. The molecule has 0 saturated carbocycles. The zero-order chi connectivity index (χ0) is 13.1. The molecule has 17 heavy (non-hydrogen) atoms. The van der Waals surface area contributed by atoms with Crippen LogP contribution in [-0.2, 0) is 10.9 Å². The van der Waals surface area contributed by atoms with Crippen LogP contribution in [0.3, 0.4) is 0 Å². The Kier molecular flexibility index (Phi) is 3.93. The third-order valence-corrected chi connectivity index (χ3v) is 1.79. The maximum atomic E-state index is 12.9. The van der Waals surface area contributed by atoms with Crippen LogP contribution in [0.4, 0.5) is 28.0 Å². The van der Waals surface area contributed by atoms with Crippen molar-refractivity contribution in [1.82, 2.24) is 0 Å². The summed E-state index contributed by atoms with van der Waals surface area (Å²) in [5.74, 6) is -1.40. The largest absolute Gasteiger partial charge is 0.450 e. The molecule has 1 aromatic rings. The Morgan fingerprint density at radius 3 is 2.59 bits per heavy atom. The van der Waals surface area contributed by atoms with Gasteiger partial charge in [0.2, 0.25) is 0 Å². The number of carbonyl (C=O) groups is 1. The van der Waals surface area contributed by atoms with E-state index >= 15 is 0 Å². The highest BCUT2D eigenvalue weighted by molar-refractivity contribution is 5.84. The minimum atomic E-state index is -4.81. The highest BCUT2D eigenvalue weighted by Gasteiger charge is 2.34. The van der Waals surface area contributed by atoms with Gasteiger partial charge in [-0.2, -0.15) is 13.2 Å². The Hall–Kier alpha value is -1.79. The Balaban J connectivity index is 2.93. The van der Waals surface area contributed by atoms with Gasteiger partial charge < -0.3 is 4.74 Å². The van der Waals surface area contributed by atoms with Crippen LogP contribution >= 0.6 is 0 Å². The van der Waals surface area contributed by atoms with E-state index in [1.54, 1.807) is 6.92 Å². The number of ether oxygens (including phenoxy) is 1. The summed E-state index contributed by atoms with van der Waals surface area (Å²) in [7, 11) is 0. The highest BCUT2D eigenvalue weighted by atomic mass is 19.4. The first-order valence-electron chi connectivity index (χ1n) is 4.65. The van der Waals surface area contributed by atoms with Crippen molar-refractivity contribution in [3.05, 3.63) is 29.6 Å². The summed E-state index contributed by atoms with van der Waals surface area (Å²) < 4.78 is 54.4. The molecule has 0 fully saturated rings. The number of benzene rings is 1. The second-order valence-corrected chi connectivity index (χ2v) is 3.04. The molecule has 0 saturated heterocycles. The Morgan fingerprint density at radius 2 is 2.06 bits per heavy atom. The number of hydrogen-bond donors (Lipinski definition) is 1. The summed E-state index contributed by atoms with van der Waals surface area (Å²) in [4.78, 5) is 11.0. The van der Waals surface area contributed by atoms with E-state index in [4.69, 9.17) is 0 Å². The molecule has 0 aliphatic rings. The third-order valence-electron chi connectivity index (χ3n) is 1.79. The van der Waals surface area contributed by atoms with Gasteiger partial charge in [-0.3, -0.25) is 5.32 Å². The number of rotatable bonds is 2. The van der Waals surface area contributed by atoms with Crippen molar-refractivity contribution in [2.75, 3.05) is 11.9 Å². The van der Waals surface area contributed by atoms with E-state index in [0.29, 0.717) is 12.1 Å². The van der Waals surface area contributed by atoms with Crippen molar-refractivity contribution in [1.29, 1.82) is 0 Å². The third kappa shape index (κ3) is 3.61. The Bertz CT molecular complexity index is 417. The number of alkyl halides is 3. The number of carbonyl (C=O) groups excluding carboxylic acids is 1. The van der Waals surface area contributed by atoms with Gasteiger partial charge in [-0.25, -0.2) is 9.18 Å². The minimum Gasteiger partial charge on any atom is -0.450 e. The molecule has 0 bridgehead atoms. The van der Waals surface area contributed by atoms with Gasteiger partial charge in [0.15, 0.2) is 0 Å². The molecular weight excluding hydrogens is 242 g/mol. The molecule has 94 valence electrons. The van der Waals surface area contributed by atoms with Gasteiger partial charge in [0.25, 0.3) is 0 Å². The first-order valence-corrected chi connectivity index (χ1v) is 4.65. The molecule has 0 heterocycles. The lowest BCUT2D eigenvalue weighted by atomic mass is 10.2. The van der Waals surface area contributed by atoms with Crippen LogP contribution in [0.5, 0.6) is 0 Å².